The van der Waals surface area contributed by atoms with Crippen molar-refractivity contribution < 1.29 is 35.9 Å². The number of amides is 1. The maximum absolute atomic E-state index is 16.9. The Balaban J connectivity index is 1.42. The van der Waals surface area contributed by atoms with Gasteiger partial charge < -0.3 is 20.3 Å². The third-order valence-corrected chi connectivity index (χ3v) is 10.7. The Labute approximate surface area is 281 Å². The summed E-state index contributed by atoms with van der Waals surface area (Å²) in [5.74, 6) is -2.41. The topological polar surface area (TPSA) is 101 Å². The SMILES string of the molecule is C=CC(=O)N1[C@H](C)CN(c2nc(OC[C@]34CCCN3C[C@H](F)C4)nc3c(F)c(-c4ccc(F)c5sc(N)nc45)c(C(F)(F)F)cc23)C[C@@H]1C. The number of benzene rings is 2. The van der Waals surface area contributed by atoms with Crippen LogP contribution in [0.25, 0.3) is 32.2 Å². The molecule has 4 aromatic rings. The Kier molecular flexibility index (Phi) is 8.16. The number of piperazine rings is 1. The lowest BCUT2D eigenvalue weighted by molar-refractivity contribution is -0.137. The van der Waals surface area contributed by atoms with Crippen molar-refractivity contribution in [2.75, 3.05) is 43.4 Å². The first kappa shape index (κ1) is 33.3. The normalized spacial score (nSPS) is 24.6. The number of carbonyl (C=O) groups is 1. The Bertz CT molecular complexity index is 1980. The molecule has 0 radical (unpaired) electrons. The molecule has 2 aromatic carbocycles. The van der Waals surface area contributed by atoms with Crippen LogP contribution in [0.2, 0.25) is 0 Å². The Hall–Kier alpha value is -4.18. The molecule has 1 amide bonds. The molecule has 3 fully saturated rings. The molecule has 0 bridgehead atoms. The molecule has 3 aliphatic heterocycles. The van der Waals surface area contributed by atoms with E-state index in [-0.39, 0.29) is 76.7 Å². The second-order valence-electron chi connectivity index (χ2n) is 13.1. The molecule has 0 unspecified atom stereocenters. The highest BCUT2D eigenvalue weighted by molar-refractivity contribution is 7.22. The van der Waals surface area contributed by atoms with Gasteiger partial charge in [0.05, 0.1) is 21.3 Å². The lowest BCUT2D eigenvalue weighted by atomic mass is 9.94. The van der Waals surface area contributed by atoms with Crippen LogP contribution in [0.5, 0.6) is 6.01 Å². The number of alkyl halides is 4. The number of carbonyl (C=O) groups excluding carboxylic acids is 1. The van der Waals surface area contributed by atoms with Gasteiger partial charge in [0.25, 0.3) is 0 Å². The molecular weight excluding hydrogens is 672 g/mol. The zero-order chi connectivity index (χ0) is 35.0. The molecular formula is C33H33F6N7O2S. The molecule has 49 heavy (non-hydrogen) atoms. The van der Waals surface area contributed by atoms with E-state index in [9.17, 15) is 26.7 Å². The number of thiazole rings is 1. The molecule has 260 valence electrons. The highest BCUT2D eigenvalue weighted by Gasteiger charge is 2.49. The fraction of sp³-hybridized carbons (Fsp3) is 0.455. The fourth-order valence-corrected chi connectivity index (χ4v) is 8.62. The standard InChI is InChI=1S/C33H33F6N7O2S/c1-4-23(47)46-16(2)12-44(13-17(46)3)29-20-10-21(33(37,38)39)24(19-6-7-22(35)28-27(19)41-30(40)49-28)25(36)26(20)42-31(43-29)48-15-32-8-5-9-45(32)14-18(34)11-32/h4,6-7,10,16-18H,1,5,8-9,11-15H2,2-3H3,(H2,40,41)/t16-,17+,18-,32-/m1/s1. The largest absolute Gasteiger partial charge is 0.461 e. The summed E-state index contributed by atoms with van der Waals surface area (Å²) in [4.78, 5) is 30.8. The Morgan fingerprint density at radius 1 is 1.14 bits per heavy atom. The smallest absolute Gasteiger partial charge is 0.417 e. The summed E-state index contributed by atoms with van der Waals surface area (Å²) < 4.78 is 96.8. The number of ether oxygens (including phenoxy) is 1. The predicted molar refractivity (Wildman–Crippen MR) is 174 cm³/mol. The molecule has 7 rings (SSSR count). The molecule has 2 N–H and O–H groups in total. The zero-order valence-electron chi connectivity index (χ0n) is 26.7. The van der Waals surface area contributed by atoms with Crippen molar-refractivity contribution in [3.8, 4) is 17.1 Å². The maximum Gasteiger partial charge on any atom is 0.417 e. The lowest BCUT2D eigenvalue weighted by Gasteiger charge is -2.44. The Morgan fingerprint density at radius 3 is 2.57 bits per heavy atom. The summed E-state index contributed by atoms with van der Waals surface area (Å²) in [7, 11) is 0. The molecule has 3 saturated heterocycles. The number of hydrogen-bond acceptors (Lipinski definition) is 9. The van der Waals surface area contributed by atoms with Gasteiger partial charge in [-0.25, -0.2) is 18.2 Å². The van der Waals surface area contributed by atoms with Gasteiger partial charge in [0.1, 0.15) is 29.9 Å². The minimum atomic E-state index is -5.06. The number of halogens is 6. The number of hydrogen-bond donors (Lipinski definition) is 1. The highest BCUT2D eigenvalue weighted by Crippen LogP contribution is 2.46. The van der Waals surface area contributed by atoms with Crippen LogP contribution in [0.1, 0.15) is 38.7 Å². The van der Waals surface area contributed by atoms with Gasteiger partial charge in [-0.1, -0.05) is 17.9 Å². The van der Waals surface area contributed by atoms with Gasteiger partial charge in [-0.3, -0.25) is 9.69 Å². The first-order valence-electron chi connectivity index (χ1n) is 15.9. The van der Waals surface area contributed by atoms with Crippen LogP contribution in [0.4, 0.5) is 37.3 Å². The third kappa shape index (κ3) is 5.62. The van der Waals surface area contributed by atoms with Crippen LogP contribution < -0.4 is 15.4 Å². The highest BCUT2D eigenvalue weighted by atomic mass is 32.1. The zero-order valence-corrected chi connectivity index (χ0v) is 27.5. The van der Waals surface area contributed by atoms with Crippen LogP contribution in [0.3, 0.4) is 0 Å². The number of anilines is 2. The van der Waals surface area contributed by atoms with Gasteiger partial charge in [-0.2, -0.15) is 23.1 Å². The van der Waals surface area contributed by atoms with E-state index in [4.69, 9.17) is 10.5 Å². The second kappa shape index (κ2) is 12.0. The van der Waals surface area contributed by atoms with Gasteiger partial charge in [-0.15, -0.1) is 0 Å². The second-order valence-corrected chi connectivity index (χ2v) is 14.1. The van der Waals surface area contributed by atoms with E-state index in [0.29, 0.717) is 13.0 Å². The summed E-state index contributed by atoms with van der Waals surface area (Å²) in [6, 6.07) is 1.65. The third-order valence-electron chi connectivity index (χ3n) is 9.86. The molecule has 0 saturated carbocycles. The van der Waals surface area contributed by atoms with Crippen molar-refractivity contribution in [2.45, 2.75) is 63.1 Å². The van der Waals surface area contributed by atoms with E-state index in [0.717, 1.165) is 36.0 Å². The minimum Gasteiger partial charge on any atom is -0.461 e. The molecule has 2 aromatic heterocycles. The van der Waals surface area contributed by atoms with E-state index in [1.54, 1.807) is 23.6 Å². The van der Waals surface area contributed by atoms with Gasteiger partial charge in [0.2, 0.25) is 5.91 Å². The van der Waals surface area contributed by atoms with E-state index in [1.165, 1.54) is 6.08 Å². The summed E-state index contributed by atoms with van der Waals surface area (Å²) in [5.41, 5.74) is 2.01. The van der Waals surface area contributed by atoms with Crippen molar-refractivity contribution in [2.24, 2.45) is 0 Å². The van der Waals surface area contributed by atoms with Gasteiger partial charge in [-0.05, 0) is 57.5 Å². The van der Waals surface area contributed by atoms with Crippen molar-refractivity contribution >= 4 is 49.3 Å². The molecule has 0 aliphatic carbocycles. The average molecular weight is 706 g/mol. The monoisotopic (exact) mass is 705 g/mol. The van der Waals surface area contributed by atoms with Crippen molar-refractivity contribution in [1.29, 1.82) is 0 Å². The summed E-state index contributed by atoms with van der Waals surface area (Å²) in [6.45, 7) is 8.40. The van der Waals surface area contributed by atoms with E-state index >= 15 is 4.39 Å². The molecule has 9 nitrogen and oxygen atoms in total. The predicted octanol–water partition coefficient (Wildman–Crippen LogP) is 6.35. The quantitative estimate of drug-likeness (QED) is 0.183. The van der Waals surface area contributed by atoms with Crippen molar-refractivity contribution in [3.05, 3.63) is 48.1 Å². The first-order valence-corrected chi connectivity index (χ1v) is 16.7. The summed E-state index contributed by atoms with van der Waals surface area (Å²) in [5, 5.41) is -0.332. The fourth-order valence-electron chi connectivity index (χ4n) is 7.86. The van der Waals surface area contributed by atoms with E-state index in [2.05, 4.69) is 21.5 Å². The first-order chi connectivity index (χ1) is 23.2. The maximum atomic E-state index is 16.9. The van der Waals surface area contributed by atoms with E-state index < -0.39 is 58.2 Å². The van der Waals surface area contributed by atoms with Crippen LogP contribution >= 0.6 is 11.3 Å². The molecule has 4 atom stereocenters. The summed E-state index contributed by atoms with van der Waals surface area (Å²) >= 11 is 0.735. The number of rotatable bonds is 6. The molecule has 16 heteroatoms. The number of aromatic nitrogens is 3. The molecule has 3 aliphatic rings. The number of nitrogens with zero attached hydrogens (tertiary/aromatic N) is 6. The van der Waals surface area contributed by atoms with Crippen molar-refractivity contribution in [3.63, 3.8) is 0 Å². The number of nitrogens with two attached hydrogens (primary N) is 1. The van der Waals surface area contributed by atoms with Crippen molar-refractivity contribution in [1.82, 2.24) is 24.8 Å². The van der Waals surface area contributed by atoms with Crippen LogP contribution in [-0.2, 0) is 11.0 Å². The van der Waals surface area contributed by atoms with Crippen LogP contribution in [0.15, 0.2) is 30.9 Å². The summed E-state index contributed by atoms with van der Waals surface area (Å²) in [6.07, 6.45) is -3.15. The number of nitrogen functional groups attached to an aromatic ring is 1. The number of fused-ring (bicyclic) bond motifs is 3. The van der Waals surface area contributed by atoms with Crippen LogP contribution in [-0.4, -0.2) is 87.2 Å². The Morgan fingerprint density at radius 2 is 1.88 bits per heavy atom. The molecule has 0 spiro atoms. The average Bonchev–Trinajstić information content (AvgIpc) is 3.71. The van der Waals surface area contributed by atoms with E-state index in [1.807, 2.05) is 4.90 Å². The van der Waals surface area contributed by atoms with Gasteiger partial charge >= 0.3 is 12.2 Å². The lowest BCUT2D eigenvalue weighted by Crippen LogP contribution is -2.58. The van der Waals surface area contributed by atoms with Crippen LogP contribution in [0, 0.1) is 11.6 Å². The van der Waals surface area contributed by atoms with Gasteiger partial charge in [0, 0.05) is 54.7 Å². The minimum absolute atomic E-state index is 0.00141. The molecule has 5 heterocycles. The van der Waals surface area contributed by atoms with Gasteiger partial charge in [0.15, 0.2) is 10.9 Å².